The largest absolute Gasteiger partial charge is 0.397 e. The smallest absolute Gasteiger partial charge is 0.223 e. The fourth-order valence-corrected chi connectivity index (χ4v) is 2.86. The molecule has 18 heavy (non-hydrogen) atoms. The highest BCUT2D eigenvalue weighted by Gasteiger charge is 2.35. The molecule has 5 nitrogen and oxygen atoms in total. The predicted octanol–water partition coefficient (Wildman–Crippen LogP) is 0.662. The van der Waals surface area contributed by atoms with Crippen LogP contribution in [0.3, 0.4) is 0 Å². The Morgan fingerprint density at radius 2 is 2.00 bits per heavy atom. The fraction of sp³-hybridized carbons (Fsp3) is 0.462. The van der Waals surface area contributed by atoms with Gasteiger partial charge < -0.3 is 21.3 Å². The Balaban J connectivity index is 1.78. The van der Waals surface area contributed by atoms with E-state index < -0.39 is 0 Å². The van der Waals surface area contributed by atoms with Crippen molar-refractivity contribution in [3.63, 3.8) is 0 Å². The van der Waals surface area contributed by atoms with E-state index in [1.54, 1.807) is 0 Å². The molecule has 1 amide bonds. The number of anilines is 3. The van der Waals surface area contributed by atoms with E-state index in [1.165, 1.54) is 0 Å². The maximum atomic E-state index is 11.6. The summed E-state index contributed by atoms with van der Waals surface area (Å²) >= 11 is 0. The molecule has 1 unspecified atom stereocenters. The minimum atomic E-state index is 0.302. The lowest BCUT2D eigenvalue weighted by Crippen LogP contribution is -2.51. The molecule has 96 valence electrons. The molecule has 0 bridgehead atoms. The van der Waals surface area contributed by atoms with Crippen molar-refractivity contribution in [3.8, 4) is 0 Å². The molecule has 1 atom stereocenters. The average Bonchev–Trinajstić information content (AvgIpc) is 2.74. The van der Waals surface area contributed by atoms with Gasteiger partial charge in [-0.3, -0.25) is 4.79 Å². The van der Waals surface area contributed by atoms with Crippen molar-refractivity contribution in [1.82, 2.24) is 4.90 Å². The maximum absolute atomic E-state index is 11.6. The molecule has 0 spiro atoms. The molecule has 2 fully saturated rings. The van der Waals surface area contributed by atoms with Gasteiger partial charge in [-0.05, 0) is 24.6 Å². The molecule has 2 saturated heterocycles. The monoisotopic (exact) mass is 246 g/mol. The van der Waals surface area contributed by atoms with Crippen molar-refractivity contribution < 1.29 is 4.79 Å². The highest BCUT2D eigenvalue weighted by atomic mass is 16.2. The molecule has 0 saturated carbocycles. The Bertz CT molecular complexity index is 488. The number of amides is 1. The van der Waals surface area contributed by atoms with Gasteiger partial charge in [0.1, 0.15) is 0 Å². The Kier molecular flexibility index (Phi) is 2.54. The summed E-state index contributed by atoms with van der Waals surface area (Å²) in [6, 6.07) is 6.13. The lowest BCUT2D eigenvalue weighted by Gasteiger charge is -2.39. The molecule has 0 aliphatic carbocycles. The van der Waals surface area contributed by atoms with Crippen LogP contribution in [0.2, 0.25) is 0 Å². The van der Waals surface area contributed by atoms with E-state index in [4.69, 9.17) is 11.5 Å². The first-order valence-corrected chi connectivity index (χ1v) is 6.34. The minimum Gasteiger partial charge on any atom is -0.397 e. The Hall–Kier alpha value is -1.91. The van der Waals surface area contributed by atoms with E-state index in [-0.39, 0.29) is 0 Å². The van der Waals surface area contributed by atoms with Gasteiger partial charge in [0, 0.05) is 37.8 Å². The molecule has 5 heteroatoms. The summed E-state index contributed by atoms with van der Waals surface area (Å²) in [6.07, 6.45) is 1.67. The van der Waals surface area contributed by atoms with Crippen LogP contribution in [0.5, 0.6) is 0 Å². The quantitative estimate of drug-likeness (QED) is 0.714. The number of nitrogens with two attached hydrogens (primary N) is 2. The van der Waals surface area contributed by atoms with E-state index in [0.717, 1.165) is 31.7 Å². The van der Waals surface area contributed by atoms with Crippen LogP contribution in [0.25, 0.3) is 0 Å². The van der Waals surface area contributed by atoms with Crippen molar-refractivity contribution in [1.29, 1.82) is 0 Å². The van der Waals surface area contributed by atoms with Crippen molar-refractivity contribution in [2.45, 2.75) is 18.9 Å². The SMILES string of the molecule is Nc1ccc(N2CCN3C(=O)CCC3C2)cc1N. The van der Waals surface area contributed by atoms with Gasteiger partial charge in [-0.25, -0.2) is 0 Å². The second-order valence-electron chi connectivity index (χ2n) is 5.04. The van der Waals surface area contributed by atoms with Crippen molar-refractivity contribution >= 4 is 23.0 Å². The van der Waals surface area contributed by atoms with Gasteiger partial charge in [0.2, 0.25) is 5.91 Å². The minimum absolute atomic E-state index is 0.302. The predicted molar refractivity (Wildman–Crippen MR) is 72.2 cm³/mol. The molecule has 1 aromatic rings. The number of hydrogen-bond donors (Lipinski definition) is 2. The van der Waals surface area contributed by atoms with Gasteiger partial charge in [-0.15, -0.1) is 0 Å². The molecule has 2 aliphatic rings. The highest BCUT2D eigenvalue weighted by Crippen LogP contribution is 2.28. The zero-order valence-electron chi connectivity index (χ0n) is 10.3. The van der Waals surface area contributed by atoms with E-state index in [9.17, 15) is 4.79 Å². The van der Waals surface area contributed by atoms with Crippen LogP contribution in [-0.2, 0) is 4.79 Å². The van der Waals surface area contributed by atoms with Crippen molar-refractivity contribution in [2.24, 2.45) is 0 Å². The van der Waals surface area contributed by atoms with Gasteiger partial charge in [0.25, 0.3) is 0 Å². The summed E-state index contributed by atoms with van der Waals surface area (Å²) in [7, 11) is 0. The van der Waals surface area contributed by atoms with Crippen LogP contribution >= 0.6 is 0 Å². The first-order valence-electron chi connectivity index (χ1n) is 6.34. The molecule has 0 radical (unpaired) electrons. The number of nitrogen functional groups attached to an aromatic ring is 2. The van der Waals surface area contributed by atoms with E-state index in [0.29, 0.717) is 29.7 Å². The van der Waals surface area contributed by atoms with Crippen LogP contribution in [0, 0.1) is 0 Å². The summed E-state index contributed by atoms with van der Waals surface area (Å²) in [5.74, 6) is 0.302. The zero-order chi connectivity index (χ0) is 12.7. The van der Waals surface area contributed by atoms with Crippen LogP contribution in [0.1, 0.15) is 12.8 Å². The third-order valence-corrected chi connectivity index (χ3v) is 3.93. The lowest BCUT2D eigenvalue weighted by molar-refractivity contribution is -0.129. The average molecular weight is 246 g/mol. The molecular weight excluding hydrogens is 228 g/mol. The second-order valence-corrected chi connectivity index (χ2v) is 5.04. The van der Waals surface area contributed by atoms with Crippen LogP contribution in [-0.4, -0.2) is 36.5 Å². The Morgan fingerprint density at radius 1 is 1.17 bits per heavy atom. The van der Waals surface area contributed by atoms with Gasteiger partial charge in [-0.1, -0.05) is 0 Å². The maximum Gasteiger partial charge on any atom is 0.223 e. The Morgan fingerprint density at radius 3 is 2.78 bits per heavy atom. The molecule has 2 heterocycles. The second kappa shape index (κ2) is 4.08. The topological polar surface area (TPSA) is 75.6 Å². The Labute approximate surface area is 106 Å². The zero-order valence-corrected chi connectivity index (χ0v) is 10.3. The number of nitrogens with zero attached hydrogens (tertiary/aromatic N) is 2. The number of hydrogen-bond acceptors (Lipinski definition) is 4. The first kappa shape index (κ1) is 11.2. The van der Waals surface area contributed by atoms with Gasteiger partial charge in [-0.2, -0.15) is 0 Å². The standard InChI is InChI=1S/C13H18N4O/c14-11-3-1-9(7-12(11)15)16-5-6-17-10(8-16)2-4-13(17)18/h1,3,7,10H,2,4-6,8,14-15H2. The number of piperazine rings is 1. The van der Waals surface area contributed by atoms with Crippen LogP contribution < -0.4 is 16.4 Å². The molecule has 1 aromatic carbocycles. The highest BCUT2D eigenvalue weighted by molar-refractivity contribution is 5.79. The summed E-state index contributed by atoms with van der Waals surface area (Å²) in [6.45, 7) is 2.58. The van der Waals surface area contributed by atoms with E-state index in [1.807, 2.05) is 23.1 Å². The lowest BCUT2D eigenvalue weighted by atomic mass is 10.1. The van der Waals surface area contributed by atoms with Crippen molar-refractivity contribution in [2.75, 3.05) is 36.0 Å². The third kappa shape index (κ3) is 1.75. The van der Waals surface area contributed by atoms with Gasteiger partial charge in [0.05, 0.1) is 11.4 Å². The van der Waals surface area contributed by atoms with E-state index in [2.05, 4.69) is 4.90 Å². The summed E-state index contributed by atoms with van der Waals surface area (Å²) in [4.78, 5) is 15.9. The first-order chi connectivity index (χ1) is 8.65. The molecule has 4 N–H and O–H groups in total. The van der Waals surface area contributed by atoms with E-state index >= 15 is 0 Å². The third-order valence-electron chi connectivity index (χ3n) is 3.93. The van der Waals surface area contributed by atoms with Crippen LogP contribution in [0.4, 0.5) is 17.1 Å². The van der Waals surface area contributed by atoms with Gasteiger partial charge in [0.15, 0.2) is 0 Å². The number of rotatable bonds is 1. The van der Waals surface area contributed by atoms with Crippen molar-refractivity contribution in [3.05, 3.63) is 18.2 Å². The fourth-order valence-electron chi connectivity index (χ4n) is 2.86. The number of carbonyl (C=O) groups is 1. The molecule has 0 aromatic heterocycles. The molecule has 2 aliphatic heterocycles. The normalized spacial score (nSPS) is 23.3. The summed E-state index contributed by atoms with van der Waals surface area (Å²) in [5, 5.41) is 0. The summed E-state index contributed by atoms with van der Waals surface area (Å²) in [5.41, 5.74) is 13.9. The van der Waals surface area contributed by atoms with Crippen LogP contribution in [0.15, 0.2) is 18.2 Å². The number of fused-ring (bicyclic) bond motifs is 1. The molecule has 3 rings (SSSR count). The number of benzene rings is 1. The molecular formula is C13H18N4O. The number of carbonyl (C=O) groups excluding carboxylic acids is 1. The summed E-state index contributed by atoms with van der Waals surface area (Å²) < 4.78 is 0. The van der Waals surface area contributed by atoms with Gasteiger partial charge >= 0.3 is 0 Å².